The summed E-state index contributed by atoms with van der Waals surface area (Å²) < 4.78 is 23.1. The first-order valence-electron chi connectivity index (χ1n) is 2.30. The quantitative estimate of drug-likeness (QED) is 0.550. The molecule has 0 aliphatic carbocycles. The van der Waals surface area contributed by atoms with Crippen LogP contribution in [0.3, 0.4) is 0 Å². The van der Waals surface area contributed by atoms with Crippen LogP contribution >= 0.6 is 0 Å². The van der Waals surface area contributed by atoms with E-state index in [1.54, 1.807) is 0 Å². The molecule has 0 aliphatic rings. The zero-order valence-electron chi connectivity index (χ0n) is 4.70. The summed E-state index contributed by atoms with van der Waals surface area (Å²) in [5.74, 6) is 0. The lowest BCUT2D eigenvalue weighted by atomic mass is 10.3. The number of rotatable bonds is 3. The lowest BCUT2D eigenvalue weighted by Crippen LogP contribution is -2.29. The van der Waals surface area contributed by atoms with E-state index in [0.717, 1.165) is 0 Å². The highest BCUT2D eigenvalue weighted by atomic mass is 19.3. The molecular formula is C5H9F2N. The van der Waals surface area contributed by atoms with Crippen molar-refractivity contribution in [2.45, 2.75) is 12.5 Å². The molecular weight excluding hydrogens is 112 g/mol. The number of hydrogen-bond donors (Lipinski definition) is 1. The minimum absolute atomic E-state index is 0.866. The van der Waals surface area contributed by atoms with Crippen LogP contribution in [-0.4, -0.2) is 19.5 Å². The van der Waals surface area contributed by atoms with Gasteiger partial charge in [0.15, 0.2) is 0 Å². The first kappa shape index (κ1) is 7.56. The van der Waals surface area contributed by atoms with Crippen molar-refractivity contribution in [2.75, 3.05) is 7.05 Å². The Morgan fingerprint density at radius 3 is 2.12 bits per heavy atom. The third-order valence-electron chi connectivity index (χ3n) is 0.859. The van der Waals surface area contributed by atoms with Crippen LogP contribution in [-0.2, 0) is 0 Å². The van der Waals surface area contributed by atoms with Gasteiger partial charge in [0, 0.05) is 0 Å². The SMILES string of the molecule is C=CC(NC)C(F)F. The molecule has 8 heavy (non-hydrogen) atoms. The standard InChI is InChI=1S/C5H9F2N/c1-3-4(8-2)5(6)7/h3-5,8H,1H2,2H3. The summed E-state index contributed by atoms with van der Waals surface area (Å²) in [6, 6.07) is -0.866. The van der Waals surface area contributed by atoms with Crippen LogP contribution < -0.4 is 5.32 Å². The van der Waals surface area contributed by atoms with Gasteiger partial charge < -0.3 is 5.32 Å². The molecule has 1 atom stereocenters. The smallest absolute Gasteiger partial charge is 0.257 e. The number of halogens is 2. The Labute approximate surface area is 47.4 Å². The molecule has 0 amide bonds. The first-order valence-corrected chi connectivity index (χ1v) is 2.30. The van der Waals surface area contributed by atoms with Crippen LogP contribution in [0.2, 0.25) is 0 Å². The Kier molecular flexibility index (Phi) is 3.35. The Balaban J connectivity index is 3.51. The summed E-state index contributed by atoms with van der Waals surface area (Å²) in [6.07, 6.45) is -1.16. The van der Waals surface area contributed by atoms with Crippen molar-refractivity contribution in [3.8, 4) is 0 Å². The van der Waals surface area contributed by atoms with Gasteiger partial charge in [-0.1, -0.05) is 6.08 Å². The number of likely N-dealkylation sites (N-methyl/N-ethyl adjacent to an activating group) is 1. The van der Waals surface area contributed by atoms with Crippen LogP contribution in [0.4, 0.5) is 8.78 Å². The zero-order chi connectivity index (χ0) is 6.57. The molecule has 0 spiro atoms. The van der Waals surface area contributed by atoms with Crippen LogP contribution in [0, 0.1) is 0 Å². The van der Waals surface area contributed by atoms with Crippen LogP contribution in [0.25, 0.3) is 0 Å². The Morgan fingerprint density at radius 1 is 1.62 bits per heavy atom. The third-order valence-corrected chi connectivity index (χ3v) is 0.859. The van der Waals surface area contributed by atoms with Crippen molar-refractivity contribution in [3.05, 3.63) is 12.7 Å². The average molecular weight is 121 g/mol. The van der Waals surface area contributed by atoms with Crippen molar-refractivity contribution in [1.29, 1.82) is 0 Å². The van der Waals surface area contributed by atoms with E-state index in [4.69, 9.17) is 0 Å². The highest BCUT2D eigenvalue weighted by molar-refractivity contribution is 4.85. The van der Waals surface area contributed by atoms with E-state index in [1.807, 2.05) is 0 Å². The highest BCUT2D eigenvalue weighted by Gasteiger charge is 2.12. The van der Waals surface area contributed by atoms with Crippen molar-refractivity contribution >= 4 is 0 Å². The highest BCUT2D eigenvalue weighted by Crippen LogP contribution is 1.99. The molecule has 0 bridgehead atoms. The summed E-state index contributed by atoms with van der Waals surface area (Å²) in [6.45, 7) is 3.21. The van der Waals surface area contributed by atoms with E-state index in [-0.39, 0.29) is 0 Å². The normalized spacial score (nSPS) is 14.0. The molecule has 0 aromatic heterocycles. The van der Waals surface area contributed by atoms with Crippen molar-refractivity contribution in [1.82, 2.24) is 5.32 Å². The minimum atomic E-state index is -2.35. The van der Waals surface area contributed by atoms with Gasteiger partial charge in [-0.25, -0.2) is 8.78 Å². The molecule has 0 fully saturated rings. The van der Waals surface area contributed by atoms with Gasteiger partial charge in [0.05, 0.1) is 6.04 Å². The average Bonchev–Trinajstić information content (AvgIpc) is 1.69. The Bertz CT molecular complexity index is 72.8. The van der Waals surface area contributed by atoms with Gasteiger partial charge in [-0.3, -0.25) is 0 Å². The predicted octanol–water partition coefficient (Wildman–Crippen LogP) is 1.03. The topological polar surface area (TPSA) is 12.0 Å². The fourth-order valence-electron chi connectivity index (χ4n) is 0.347. The second-order valence-electron chi connectivity index (χ2n) is 1.38. The maximum Gasteiger partial charge on any atom is 0.257 e. The lowest BCUT2D eigenvalue weighted by molar-refractivity contribution is 0.121. The third kappa shape index (κ3) is 2.02. The maximum absolute atomic E-state index is 11.6. The second kappa shape index (κ2) is 3.55. The lowest BCUT2D eigenvalue weighted by Gasteiger charge is -2.07. The van der Waals surface area contributed by atoms with Crippen LogP contribution in [0.15, 0.2) is 12.7 Å². The van der Waals surface area contributed by atoms with Crippen molar-refractivity contribution < 1.29 is 8.78 Å². The summed E-state index contributed by atoms with van der Waals surface area (Å²) in [5, 5.41) is 2.38. The fraction of sp³-hybridized carbons (Fsp3) is 0.600. The Morgan fingerprint density at radius 2 is 2.12 bits per heavy atom. The molecule has 1 nitrogen and oxygen atoms in total. The van der Waals surface area contributed by atoms with E-state index in [1.165, 1.54) is 13.1 Å². The molecule has 0 saturated heterocycles. The van der Waals surface area contributed by atoms with Crippen LogP contribution in [0.1, 0.15) is 0 Å². The van der Waals surface area contributed by atoms with E-state index >= 15 is 0 Å². The summed E-state index contributed by atoms with van der Waals surface area (Å²) in [4.78, 5) is 0. The minimum Gasteiger partial charge on any atom is -0.309 e. The summed E-state index contributed by atoms with van der Waals surface area (Å²) in [7, 11) is 1.47. The number of alkyl halides is 2. The van der Waals surface area contributed by atoms with Gasteiger partial charge in [-0.2, -0.15) is 0 Å². The fourth-order valence-corrected chi connectivity index (χ4v) is 0.347. The van der Waals surface area contributed by atoms with E-state index in [0.29, 0.717) is 0 Å². The van der Waals surface area contributed by atoms with E-state index in [9.17, 15) is 8.78 Å². The molecule has 1 N–H and O–H groups in total. The number of nitrogens with one attached hydrogen (secondary N) is 1. The number of hydrogen-bond acceptors (Lipinski definition) is 1. The summed E-state index contributed by atoms with van der Waals surface area (Å²) in [5.41, 5.74) is 0. The van der Waals surface area contributed by atoms with Gasteiger partial charge in [0.2, 0.25) is 0 Å². The molecule has 0 aromatic carbocycles. The molecule has 48 valence electrons. The van der Waals surface area contributed by atoms with Crippen molar-refractivity contribution in [3.63, 3.8) is 0 Å². The van der Waals surface area contributed by atoms with E-state index < -0.39 is 12.5 Å². The van der Waals surface area contributed by atoms with Crippen LogP contribution in [0.5, 0.6) is 0 Å². The van der Waals surface area contributed by atoms with Gasteiger partial charge >= 0.3 is 0 Å². The largest absolute Gasteiger partial charge is 0.309 e. The van der Waals surface area contributed by atoms with Gasteiger partial charge in [0.1, 0.15) is 0 Å². The molecule has 0 saturated carbocycles. The molecule has 0 radical (unpaired) electrons. The Hall–Kier alpha value is -0.440. The summed E-state index contributed by atoms with van der Waals surface area (Å²) >= 11 is 0. The molecule has 0 heterocycles. The second-order valence-corrected chi connectivity index (χ2v) is 1.38. The molecule has 0 rings (SSSR count). The van der Waals surface area contributed by atoms with E-state index in [2.05, 4.69) is 11.9 Å². The van der Waals surface area contributed by atoms with Gasteiger partial charge in [-0.05, 0) is 7.05 Å². The monoisotopic (exact) mass is 121 g/mol. The predicted molar refractivity (Wildman–Crippen MR) is 29.0 cm³/mol. The van der Waals surface area contributed by atoms with Gasteiger partial charge in [0.25, 0.3) is 6.43 Å². The molecule has 1 unspecified atom stereocenters. The van der Waals surface area contributed by atoms with Gasteiger partial charge in [-0.15, -0.1) is 6.58 Å². The van der Waals surface area contributed by atoms with Crippen molar-refractivity contribution in [2.24, 2.45) is 0 Å². The molecule has 0 aliphatic heterocycles. The first-order chi connectivity index (χ1) is 3.72. The maximum atomic E-state index is 11.6. The molecule has 3 heteroatoms. The molecule has 0 aromatic rings. The zero-order valence-corrected chi connectivity index (χ0v) is 4.70.